The zero-order valence-corrected chi connectivity index (χ0v) is 28.7. The van der Waals surface area contributed by atoms with E-state index in [4.69, 9.17) is 47.4 Å². The zero-order valence-electron chi connectivity index (χ0n) is 28.7. The van der Waals surface area contributed by atoms with Crippen LogP contribution >= 0.6 is 0 Å². The minimum atomic E-state index is -0.359. The van der Waals surface area contributed by atoms with E-state index >= 15 is 0 Å². The van der Waals surface area contributed by atoms with Crippen LogP contribution in [0.4, 0.5) is 5.69 Å². The fraction of sp³-hybridized carbons (Fsp3) is 0.639. The molecule has 0 radical (unpaired) electrons. The van der Waals surface area contributed by atoms with Crippen LogP contribution in [0.3, 0.4) is 0 Å². The summed E-state index contributed by atoms with van der Waals surface area (Å²) in [5, 5.41) is 3.32. The topological polar surface area (TPSA) is 121 Å². The van der Waals surface area contributed by atoms with Crippen LogP contribution in [0.25, 0.3) is 0 Å². The number of benzene rings is 2. The number of carbonyl (C=O) groups excluding carboxylic acids is 1. The number of rotatable bonds is 34. The SMILES string of the molecule is CCCCNc1ccc(C(=O)OCCOCCOCCOCCOCCOCCOCCOCCOCCOCc2ccccc2)cc1. The maximum Gasteiger partial charge on any atom is 0.338 e. The first-order valence-electron chi connectivity index (χ1n) is 17.0. The van der Waals surface area contributed by atoms with Crippen LogP contribution in [0.15, 0.2) is 54.6 Å². The van der Waals surface area contributed by atoms with Crippen molar-refractivity contribution in [1.82, 2.24) is 0 Å². The van der Waals surface area contributed by atoms with Crippen LogP contribution in [0, 0.1) is 0 Å². The fourth-order valence-corrected chi connectivity index (χ4v) is 3.93. The Labute approximate surface area is 286 Å². The lowest BCUT2D eigenvalue weighted by molar-refractivity contribution is -0.0262. The molecule has 0 saturated carbocycles. The molecule has 0 bridgehead atoms. The second kappa shape index (κ2) is 31.6. The number of ether oxygens (including phenoxy) is 10. The summed E-state index contributed by atoms with van der Waals surface area (Å²) in [5.74, 6) is -0.359. The van der Waals surface area contributed by atoms with Gasteiger partial charge in [-0.05, 0) is 36.2 Å². The first-order chi connectivity index (χ1) is 23.8. The van der Waals surface area contributed by atoms with Crippen molar-refractivity contribution < 1.29 is 52.2 Å². The van der Waals surface area contributed by atoms with Crippen molar-refractivity contribution in [2.45, 2.75) is 26.4 Å². The van der Waals surface area contributed by atoms with Gasteiger partial charge in [0, 0.05) is 12.2 Å². The number of carbonyl (C=O) groups is 1. The van der Waals surface area contributed by atoms with E-state index < -0.39 is 0 Å². The Bertz CT molecular complexity index is 982. The third kappa shape index (κ3) is 24.5. The highest BCUT2D eigenvalue weighted by Crippen LogP contribution is 2.11. The summed E-state index contributed by atoms with van der Waals surface area (Å²) in [7, 11) is 0. The van der Waals surface area contributed by atoms with Gasteiger partial charge in [-0.1, -0.05) is 43.7 Å². The van der Waals surface area contributed by atoms with Crippen molar-refractivity contribution in [3.05, 3.63) is 65.7 Å². The van der Waals surface area contributed by atoms with E-state index in [0.29, 0.717) is 124 Å². The fourth-order valence-electron chi connectivity index (χ4n) is 3.93. The van der Waals surface area contributed by atoms with E-state index in [-0.39, 0.29) is 12.6 Å². The molecule has 12 heteroatoms. The summed E-state index contributed by atoms with van der Waals surface area (Å²) in [6, 6.07) is 17.4. The number of nitrogens with one attached hydrogen (secondary N) is 1. The maximum absolute atomic E-state index is 12.1. The minimum Gasteiger partial charge on any atom is -0.460 e. The van der Waals surface area contributed by atoms with Gasteiger partial charge in [-0.15, -0.1) is 0 Å². The maximum atomic E-state index is 12.1. The molecule has 0 aromatic heterocycles. The smallest absolute Gasteiger partial charge is 0.338 e. The molecule has 48 heavy (non-hydrogen) atoms. The monoisotopic (exact) mass is 679 g/mol. The molecule has 12 nitrogen and oxygen atoms in total. The summed E-state index contributed by atoms with van der Waals surface area (Å²) in [6.07, 6.45) is 2.25. The standard InChI is InChI=1S/C36H57NO11/c1-2-3-13-37-35-11-9-34(10-12-35)36(38)48-31-30-46-27-26-44-23-22-42-19-18-40-15-14-39-16-17-41-20-21-43-24-25-45-28-29-47-32-33-7-5-4-6-8-33/h4-12,37H,2-3,13-32H2,1H3. The van der Waals surface area contributed by atoms with Crippen LogP contribution in [0.2, 0.25) is 0 Å². The number of hydrogen-bond acceptors (Lipinski definition) is 12. The molecule has 0 unspecified atom stereocenters. The molecule has 2 aromatic carbocycles. The Balaban J connectivity index is 1.19. The van der Waals surface area contributed by atoms with Crippen LogP contribution < -0.4 is 5.32 Å². The lowest BCUT2D eigenvalue weighted by Crippen LogP contribution is -2.15. The third-order valence-corrected chi connectivity index (χ3v) is 6.53. The molecule has 0 spiro atoms. The first-order valence-corrected chi connectivity index (χ1v) is 17.0. The largest absolute Gasteiger partial charge is 0.460 e. The predicted molar refractivity (Wildman–Crippen MR) is 183 cm³/mol. The normalized spacial score (nSPS) is 11.2. The Morgan fingerprint density at radius 3 is 1.31 bits per heavy atom. The molecule has 0 amide bonds. The summed E-state index contributed by atoms with van der Waals surface area (Å²) in [4.78, 5) is 12.1. The van der Waals surface area contributed by atoms with Gasteiger partial charge in [0.25, 0.3) is 0 Å². The lowest BCUT2D eigenvalue weighted by Gasteiger charge is -2.09. The molecule has 0 aliphatic heterocycles. The van der Waals surface area contributed by atoms with Crippen molar-refractivity contribution >= 4 is 11.7 Å². The summed E-state index contributed by atoms with van der Waals surface area (Å²) in [5.41, 5.74) is 2.67. The van der Waals surface area contributed by atoms with E-state index in [1.54, 1.807) is 12.1 Å². The summed E-state index contributed by atoms with van der Waals surface area (Å²) >= 11 is 0. The Morgan fingerprint density at radius 2 is 0.896 bits per heavy atom. The van der Waals surface area contributed by atoms with Gasteiger partial charge in [0.1, 0.15) is 6.61 Å². The molecule has 0 saturated heterocycles. The second-order valence-corrected chi connectivity index (χ2v) is 10.4. The van der Waals surface area contributed by atoms with Gasteiger partial charge >= 0.3 is 5.97 Å². The summed E-state index contributed by atoms with van der Waals surface area (Å²) in [6.45, 7) is 12.1. The Hall–Kier alpha value is -2.65. The number of anilines is 1. The summed E-state index contributed by atoms with van der Waals surface area (Å²) < 4.78 is 54.7. The highest BCUT2D eigenvalue weighted by Gasteiger charge is 2.07. The van der Waals surface area contributed by atoms with Crippen LogP contribution in [0.5, 0.6) is 0 Å². The van der Waals surface area contributed by atoms with E-state index in [0.717, 1.165) is 30.6 Å². The van der Waals surface area contributed by atoms with Gasteiger partial charge < -0.3 is 52.7 Å². The van der Waals surface area contributed by atoms with Crippen molar-refractivity contribution in [1.29, 1.82) is 0 Å². The Kier molecular flexibility index (Phi) is 27.3. The molecular formula is C36H57NO11. The lowest BCUT2D eigenvalue weighted by atomic mass is 10.2. The highest BCUT2D eigenvalue weighted by molar-refractivity contribution is 5.89. The van der Waals surface area contributed by atoms with E-state index in [9.17, 15) is 4.79 Å². The van der Waals surface area contributed by atoms with Gasteiger partial charge in [-0.2, -0.15) is 0 Å². The molecule has 2 rings (SSSR count). The van der Waals surface area contributed by atoms with Gasteiger partial charge in [0.2, 0.25) is 0 Å². The van der Waals surface area contributed by atoms with Crippen molar-refractivity contribution in [3.8, 4) is 0 Å². The number of esters is 1. The molecule has 1 N–H and O–H groups in total. The average molecular weight is 680 g/mol. The van der Waals surface area contributed by atoms with Gasteiger partial charge in [-0.3, -0.25) is 0 Å². The zero-order chi connectivity index (χ0) is 34.0. The molecule has 0 fully saturated rings. The van der Waals surface area contributed by atoms with Crippen LogP contribution in [0.1, 0.15) is 35.7 Å². The van der Waals surface area contributed by atoms with E-state index in [1.165, 1.54) is 0 Å². The van der Waals surface area contributed by atoms with E-state index in [2.05, 4.69) is 12.2 Å². The number of unbranched alkanes of at least 4 members (excludes halogenated alkanes) is 1. The van der Waals surface area contributed by atoms with Crippen molar-refractivity contribution in [3.63, 3.8) is 0 Å². The highest BCUT2D eigenvalue weighted by atomic mass is 16.6. The average Bonchev–Trinajstić information content (AvgIpc) is 3.11. The minimum absolute atomic E-state index is 0.192. The molecule has 272 valence electrons. The van der Waals surface area contributed by atoms with Crippen LogP contribution in [-0.2, 0) is 54.0 Å². The molecule has 2 aromatic rings. The predicted octanol–water partition coefficient (Wildman–Crippen LogP) is 4.41. The molecule has 0 aliphatic rings. The molecule has 0 aliphatic carbocycles. The van der Waals surface area contributed by atoms with Gasteiger partial charge in [-0.25, -0.2) is 4.79 Å². The molecular weight excluding hydrogens is 622 g/mol. The third-order valence-electron chi connectivity index (χ3n) is 6.53. The van der Waals surface area contributed by atoms with Crippen LogP contribution in [-0.4, -0.2) is 131 Å². The molecule has 0 heterocycles. The number of hydrogen-bond donors (Lipinski definition) is 1. The molecule has 0 atom stereocenters. The first kappa shape index (κ1) is 41.5. The van der Waals surface area contributed by atoms with E-state index in [1.807, 2.05) is 42.5 Å². The van der Waals surface area contributed by atoms with Gasteiger partial charge in [0.05, 0.1) is 124 Å². The Morgan fingerprint density at radius 1 is 0.500 bits per heavy atom. The van der Waals surface area contributed by atoms with Crippen molar-refractivity contribution in [2.24, 2.45) is 0 Å². The van der Waals surface area contributed by atoms with Gasteiger partial charge in [0.15, 0.2) is 0 Å². The second-order valence-electron chi connectivity index (χ2n) is 10.4. The van der Waals surface area contributed by atoms with Crippen molar-refractivity contribution in [2.75, 3.05) is 131 Å². The quantitative estimate of drug-likeness (QED) is 0.0834.